The van der Waals surface area contributed by atoms with Crippen molar-refractivity contribution in [3.05, 3.63) is 215 Å². The molecule has 0 amide bonds. The summed E-state index contributed by atoms with van der Waals surface area (Å²) in [6.45, 7) is 0. The van der Waals surface area contributed by atoms with Crippen LogP contribution in [0.5, 0.6) is 23.0 Å². The molecule has 2 aliphatic rings. The van der Waals surface area contributed by atoms with Gasteiger partial charge in [0, 0.05) is 33.4 Å². The first kappa shape index (κ1) is 38.4. The summed E-state index contributed by atoms with van der Waals surface area (Å²) in [5, 5.41) is 4.06. The maximum atomic E-state index is 6.00. The standard InChI is InChI=1S/C54H42N4O4/c1-59-41-27-19-37(20-28-41)49-50(38-21-29-42(60-2)30-22-38)56-53(55-49,47-17-9-13-35-11-5-7-15-45(35)47)54(48-18-10-14-36-12-6-8-16-46(36)48)57-51(39-23-31-43(61-3)32-24-39)52(58-54)40-25-33-44(62-4)34-26-40/h5-34H,1-4H3. The van der Waals surface area contributed by atoms with Crippen LogP contribution in [0.3, 0.4) is 0 Å². The van der Waals surface area contributed by atoms with Gasteiger partial charge in [-0.1, -0.05) is 84.9 Å². The van der Waals surface area contributed by atoms with E-state index in [-0.39, 0.29) is 0 Å². The minimum Gasteiger partial charge on any atom is -0.497 e. The Morgan fingerprint density at radius 3 is 0.823 bits per heavy atom. The summed E-state index contributed by atoms with van der Waals surface area (Å²) in [5.74, 6) is 2.95. The molecule has 0 fully saturated rings. The van der Waals surface area contributed by atoms with Gasteiger partial charge < -0.3 is 18.9 Å². The predicted molar refractivity (Wildman–Crippen MR) is 249 cm³/mol. The van der Waals surface area contributed by atoms with Gasteiger partial charge in [0.2, 0.25) is 11.3 Å². The molecule has 8 aromatic carbocycles. The zero-order valence-electron chi connectivity index (χ0n) is 34.7. The van der Waals surface area contributed by atoms with Gasteiger partial charge in [0.05, 0.1) is 51.3 Å². The lowest BCUT2D eigenvalue weighted by Crippen LogP contribution is -2.43. The van der Waals surface area contributed by atoms with Gasteiger partial charge in [-0.05, 0) is 119 Å². The molecular weight excluding hydrogens is 769 g/mol. The number of benzene rings is 8. The molecule has 8 aromatic rings. The van der Waals surface area contributed by atoms with Crippen LogP contribution in [0, 0.1) is 0 Å². The fourth-order valence-corrected chi connectivity index (χ4v) is 8.70. The maximum absolute atomic E-state index is 6.00. The number of nitrogens with zero attached hydrogens (tertiary/aromatic N) is 4. The molecule has 0 N–H and O–H groups in total. The van der Waals surface area contributed by atoms with E-state index in [9.17, 15) is 0 Å². The summed E-state index contributed by atoms with van der Waals surface area (Å²) in [6, 6.07) is 61.4. The fourth-order valence-electron chi connectivity index (χ4n) is 8.70. The van der Waals surface area contributed by atoms with Crippen molar-refractivity contribution < 1.29 is 18.9 Å². The van der Waals surface area contributed by atoms with E-state index >= 15 is 0 Å². The Balaban J connectivity index is 1.40. The highest BCUT2D eigenvalue weighted by Gasteiger charge is 2.61. The highest BCUT2D eigenvalue weighted by atomic mass is 16.5. The monoisotopic (exact) mass is 810 g/mol. The van der Waals surface area contributed by atoms with Crippen molar-refractivity contribution in [1.29, 1.82) is 0 Å². The van der Waals surface area contributed by atoms with Crippen molar-refractivity contribution in [3.63, 3.8) is 0 Å². The van der Waals surface area contributed by atoms with Crippen molar-refractivity contribution in [2.45, 2.75) is 11.3 Å². The number of ether oxygens (including phenoxy) is 4. The molecule has 0 spiro atoms. The second-order valence-corrected chi connectivity index (χ2v) is 15.2. The van der Waals surface area contributed by atoms with Crippen LogP contribution in [0.1, 0.15) is 33.4 Å². The van der Waals surface area contributed by atoms with Gasteiger partial charge in [-0.25, -0.2) is 20.0 Å². The molecule has 0 saturated heterocycles. The first-order chi connectivity index (χ1) is 30.5. The molecule has 0 atom stereocenters. The molecule has 8 nitrogen and oxygen atoms in total. The Hall–Kier alpha value is -7.84. The molecule has 0 saturated carbocycles. The van der Waals surface area contributed by atoms with E-state index in [0.717, 1.165) is 77.9 Å². The predicted octanol–water partition coefficient (Wildman–Crippen LogP) is 11.0. The second-order valence-electron chi connectivity index (χ2n) is 15.2. The number of fused-ring (bicyclic) bond motifs is 2. The minimum atomic E-state index is -1.52. The lowest BCUT2D eigenvalue weighted by atomic mass is 9.78. The molecule has 0 radical (unpaired) electrons. The lowest BCUT2D eigenvalue weighted by Gasteiger charge is -2.39. The van der Waals surface area contributed by atoms with E-state index in [1.165, 1.54) is 0 Å². The summed E-state index contributed by atoms with van der Waals surface area (Å²) in [6.07, 6.45) is 0. The van der Waals surface area contributed by atoms with Gasteiger partial charge >= 0.3 is 0 Å². The van der Waals surface area contributed by atoms with E-state index in [1.54, 1.807) is 28.4 Å². The average molecular weight is 811 g/mol. The van der Waals surface area contributed by atoms with Gasteiger partial charge in [-0.2, -0.15) is 0 Å². The molecule has 8 heteroatoms. The molecule has 10 rings (SSSR count). The highest BCUT2D eigenvalue weighted by molar-refractivity contribution is 6.56. The number of methoxy groups -OCH3 is 4. The van der Waals surface area contributed by atoms with Crippen molar-refractivity contribution in [1.82, 2.24) is 0 Å². The average Bonchev–Trinajstić information content (AvgIpc) is 3.96. The van der Waals surface area contributed by atoms with E-state index < -0.39 is 11.3 Å². The topological polar surface area (TPSA) is 86.4 Å². The molecule has 2 aliphatic heterocycles. The van der Waals surface area contributed by atoms with Crippen molar-refractivity contribution in [2.24, 2.45) is 20.0 Å². The summed E-state index contributed by atoms with van der Waals surface area (Å²) < 4.78 is 22.5. The number of hydrogen-bond donors (Lipinski definition) is 0. The fraction of sp³-hybridized carbons (Fsp3) is 0.111. The van der Waals surface area contributed by atoms with E-state index in [1.807, 2.05) is 97.1 Å². The lowest BCUT2D eigenvalue weighted by molar-refractivity contribution is 0.261. The zero-order valence-corrected chi connectivity index (χ0v) is 34.7. The largest absolute Gasteiger partial charge is 0.497 e. The van der Waals surface area contributed by atoms with E-state index in [4.69, 9.17) is 38.9 Å². The quantitative estimate of drug-likeness (QED) is 0.130. The first-order valence-electron chi connectivity index (χ1n) is 20.4. The number of aliphatic imine (C=N–C) groups is 4. The van der Waals surface area contributed by atoms with Gasteiger partial charge in [-0.15, -0.1) is 0 Å². The highest BCUT2D eigenvalue weighted by Crippen LogP contribution is 2.57. The SMILES string of the molecule is COc1ccc(C2=NC(c3cccc4ccccc34)(C3(c4cccc5ccccc45)N=C(c4ccc(OC)cc4)C(c4ccc(OC)cc4)=N3)N=C2c2ccc(OC)cc2)cc1. The minimum absolute atomic E-state index is 0.694. The van der Waals surface area contributed by atoms with Gasteiger partial charge in [0.25, 0.3) is 0 Å². The van der Waals surface area contributed by atoms with Crippen LogP contribution in [-0.4, -0.2) is 51.3 Å². The molecule has 0 unspecified atom stereocenters. The smallest absolute Gasteiger partial charge is 0.227 e. The van der Waals surface area contributed by atoms with Crippen molar-refractivity contribution in [3.8, 4) is 23.0 Å². The molecule has 302 valence electrons. The van der Waals surface area contributed by atoms with Crippen molar-refractivity contribution >= 4 is 44.4 Å². The third kappa shape index (κ3) is 6.30. The molecule has 0 aliphatic carbocycles. The maximum Gasteiger partial charge on any atom is 0.227 e. The van der Waals surface area contributed by atoms with E-state index in [0.29, 0.717) is 22.8 Å². The molecule has 0 aromatic heterocycles. The summed E-state index contributed by atoms with van der Waals surface area (Å²) >= 11 is 0. The first-order valence-corrected chi connectivity index (χ1v) is 20.4. The van der Waals surface area contributed by atoms with Crippen LogP contribution >= 0.6 is 0 Å². The van der Waals surface area contributed by atoms with Gasteiger partial charge in [0.15, 0.2) is 0 Å². The number of hydrogen-bond acceptors (Lipinski definition) is 8. The van der Waals surface area contributed by atoms with Crippen LogP contribution in [-0.2, 0) is 11.3 Å². The van der Waals surface area contributed by atoms with Crippen LogP contribution < -0.4 is 18.9 Å². The Morgan fingerprint density at radius 2 is 0.548 bits per heavy atom. The zero-order chi connectivity index (χ0) is 42.3. The van der Waals surface area contributed by atoms with Crippen molar-refractivity contribution in [2.75, 3.05) is 28.4 Å². The van der Waals surface area contributed by atoms with Crippen LogP contribution in [0.25, 0.3) is 21.5 Å². The second kappa shape index (κ2) is 15.6. The van der Waals surface area contributed by atoms with Gasteiger partial charge in [-0.3, -0.25) is 0 Å². The number of rotatable bonds is 11. The molecule has 2 heterocycles. The van der Waals surface area contributed by atoms with Crippen LogP contribution in [0.2, 0.25) is 0 Å². The van der Waals surface area contributed by atoms with E-state index in [2.05, 4.69) is 84.9 Å². The summed E-state index contributed by atoms with van der Waals surface area (Å²) in [5.41, 5.74) is 4.92. The summed E-state index contributed by atoms with van der Waals surface area (Å²) in [7, 11) is 6.68. The Labute approximate surface area is 360 Å². The Kier molecular flexibility index (Phi) is 9.68. The molecule has 62 heavy (non-hydrogen) atoms. The van der Waals surface area contributed by atoms with Crippen LogP contribution in [0.4, 0.5) is 0 Å². The Morgan fingerprint density at radius 1 is 0.290 bits per heavy atom. The third-order valence-electron chi connectivity index (χ3n) is 11.8. The molecular formula is C54H42N4O4. The summed E-state index contributed by atoms with van der Waals surface area (Å²) in [4.78, 5) is 24.0. The molecule has 0 bridgehead atoms. The Bertz CT molecular complexity index is 2750. The third-order valence-corrected chi connectivity index (χ3v) is 11.8. The van der Waals surface area contributed by atoms with Crippen LogP contribution in [0.15, 0.2) is 202 Å². The normalized spacial score (nSPS) is 15.1. The van der Waals surface area contributed by atoms with Gasteiger partial charge in [0.1, 0.15) is 23.0 Å².